The second-order valence-electron chi connectivity index (χ2n) is 4.83. The van der Waals surface area contributed by atoms with Crippen LogP contribution in [-0.2, 0) is 14.3 Å². The standard InChI is InChI=1S/C12H22N2O3/c1-16-9-6-13-12(11(15)17-2)5-8-14-7-3-4-10(12)14/h10,13H,3-9H2,1-2H3. The second-order valence-corrected chi connectivity index (χ2v) is 4.83. The molecule has 2 heterocycles. The summed E-state index contributed by atoms with van der Waals surface area (Å²) in [5.74, 6) is -0.122. The molecule has 2 unspecified atom stereocenters. The first-order valence-corrected chi connectivity index (χ1v) is 6.31. The molecule has 2 rings (SSSR count). The Bertz CT molecular complexity index is 285. The molecule has 0 amide bonds. The Kier molecular flexibility index (Phi) is 4.01. The van der Waals surface area contributed by atoms with Gasteiger partial charge in [-0.2, -0.15) is 0 Å². The smallest absolute Gasteiger partial charge is 0.327 e. The van der Waals surface area contributed by atoms with Crippen LogP contribution in [0.2, 0.25) is 0 Å². The van der Waals surface area contributed by atoms with Crippen LogP contribution < -0.4 is 5.32 Å². The lowest BCUT2D eigenvalue weighted by atomic mass is 9.88. The maximum Gasteiger partial charge on any atom is 0.327 e. The van der Waals surface area contributed by atoms with E-state index < -0.39 is 5.54 Å². The lowest BCUT2D eigenvalue weighted by Gasteiger charge is -2.33. The van der Waals surface area contributed by atoms with Crippen molar-refractivity contribution in [2.75, 3.05) is 40.5 Å². The molecule has 2 aliphatic rings. The highest BCUT2D eigenvalue weighted by molar-refractivity contribution is 5.82. The number of carbonyl (C=O) groups is 1. The minimum atomic E-state index is -0.510. The highest BCUT2D eigenvalue weighted by Gasteiger charge is 2.54. The van der Waals surface area contributed by atoms with Gasteiger partial charge in [-0.15, -0.1) is 0 Å². The predicted molar refractivity (Wildman–Crippen MR) is 63.8 cm³/mol. The number of hydrogen-bond acceptors (Lipinski definition) is 5. The maximum absolute atomic E-state index is 12.1. The van der Waals surface area contributed by atoms with E-state index in [4.69, 9.17) is 9.47 Å². The fourth-order valence-electron chi connectivity index (χ4n) is 3.21. The van der Waals surface area contributed by atoms with Crippen molar-refractivity contribution in [1.82, 2.24) is 10.2 Å². The van der Waals surface area contributed by atoms with E-state index in [9.17, 15) is 4.79 Å². The molecule has 17 heavy (non-hydrogen) atoms. The molecule has 5 nitrogen and oxygen atoms in total. The van der Waals surface area contributed by atoms with Crippen molar-refractivity contribution >= 4 is 5.97 Å². The van der Waals surface area contributed by atoms with Gasteiger partial charge in [0.15, 0.2) is 0 Å². The summed E-state index contributed by atoms with van der Waals surface area (Å²) in [7, 11) is 3.14. The van der Waals surface area contributed by atoms with Crippen LogP contribution in [0.3, 0.4) is 0 Å². The molecule has 2 aliphatic heterocycles. The van der Waals surface area contributed by atoms with Crippen molar-refractivity contribution in [2.45, 2.75) is 30.8 Å². The minimum absolute atomic E-state index is 0.122. The van der Waals surface area contributed by atoms with Crippen molar-refractivity contribution < 1.29 is 14.3 Å². The van der Waals surface area contributed by atoms with Crippen molar-refractivity contribution in [3.05, 3.63) is 0 Å². The summed E-state index contributed by atoms with van der Waals surface area (Å²) in [5, 5.41) is 3.38. The summed E-state index contributed by atoms with van der Waals surface area (Å²) in [5.41, 5.74) is -0.510. The van der Waals surface area contributed by atoms with E-state index in [-0.39, 0.29) is 5.97 Å². The summed E-state index contributed by atoms with van der Waals surface area (Å²) >= 11 is 0. The number of nitrogens with one attached hydrogen (secondary N) is 1. The molecule has 0 aromatic carbocycles. The zero-order valence-electron chi connectivity index (χ0n) is 10.7. The van der Waals surface area contributed by atoms with Gasteiger partial charge in [-0.25, -0.2) is 4.79 Å². The van der Waals surface area contributed by atoms with Gasteiger partial charge >= 0.3 is 5.97 Å². The molecule has 0 spiro atoms. The number of ether oxygens (including phenoxy) is 2. The molecule has 1 N–H and O–H groups in total. The lowest BCUT2D eigenvalue weighted by molar-refractivity contribution is -0.149. The van der Waals surface area contributed by atoms with E-state index in [1.165, 1.54) is 13.5 Å². The molecule has 0 saturated carbocycles. The van der Waals surface area contributed by atoms with Gasteiger partial charge in [0, 0.05) is 26.2 Å². The van der Waals surface area contributed by atoms with Gasteiger partial charge in [-0.1, -0.05) is 0 Å². The van der Waals surface area contributed by atoms with Crippen LogP contribution in [0.15, 0.2) is 0 Å². The largest absolute Gasteiger partial charge is 0.468 e. The van der Waals surface area contributed by atoms with Gasteiger partial charge < -0.3 is 9.47 Å². The predicted octanol–water partition coefficient (Wildman–Crippen LogP) is 0.00230. The third-order valence-electron chi connectivity index (χ3n) is 4.02. The van der Waals surface area contributed by atoms with Gasteiger partial charge in [-0.05, 0) is 25.8 Å². The van der Waals surface area contributed by atoms with Gasteiger partial charge in [0.2, 0.25) is 0 Å². The second kappa shape index (κ2) is 5.33. The highest BCUT2D eigenvalue weighted by atomic mass is 16.5. The van der Waals surface area contributed by atoms with Crippen LogP contribution >= 0.6 is 0 Å². The summed E-state index contributed by atoms with van der Waals surface area (Å²) in [6, 6.07) is 0.298. The van der Waals surface area contributed by atoms with Crippen molar-refractivity contribution in [2.24, 2.45) is 0 Å². The molecule has 0 aliphatic carbocycles. The molecule has 0 aromatic heterocycles. The number of fused-ring (bicyclic) bond motifs is 1. The van der Waals surface area contributed by atoms with Crippen LogP contribution in [0.4, 0.5) is 0 Å². The van der Waals surface area contributed by atoms with Crippen LogP contribution in [0, 0.1) is 0 Å². The number of methoxy groups -OCH3 is 2. The summed E-state index contributed by atoms with van der Waals surface area (Å²) in [4.78, 5) is 14.5. The van der Waals surface area contributed by atoms with Crippen molar-refractivity contribution in [1.29, 1.82) is 0 Å². The first kappa shape index (κ1) is 12.8. The molecule has 2 atom stereocenters. The van der Waals surface area contributed by atoms with E-state index in [0.29, 0.717) is 19.2 Å². The quantitative estimate of drug-likeness (QED) is 0.543. The van der Waals surface area contributed by atoms with E-state index in [0.717, 1.165) is 25.9 Å². The Labute approximate surface area is 102 Å². The van der Waals surface area contributed by atoms with Gasteiger partial charge in [0.25, 0.3) is 0 Å². The third kappa shape index (κ3) is 2.19. The first-order valence-electron chi connectivity index (χ1n) is 6.31. The molecule has 0 aromatic rings. The number of esters is 1. The van der Waals surface area contributed by atoms with Gasteiger partial charge in [-0.3, -0.25) is 10.2 Å². The van der Waals surface area contributed by atoms with Crippen molar-refractivity contribution in [3.63, 3.8) is 0 Å². The highest BCUT2D eigenvalue weighted by Crippen LogP contribution is 2.36. The van der Waals surface area contributed by atoms with Crippen LogP contribution in [0.25, 0.3) is 0 Å². The van der Waals surface area contributed by atoms with Crippen LogP contribution in [0.5, 0.6) is 0 Å². The number of rotatable bonds is 5. The molecular formula is C12H22N2O3. The Balaban J connectivity index is 2.09. The number of hydrogen-bond donors (Lipinski definition) is 1. The number of carbonyl (C=O) groups excluding carboxylic acids is 1. The summed E-state index contributed by atoms with van der Waals surface area (Å²) in [6.45, 7) is 3.40. The van der Waals surface area contributed by atoms with E-state index in [2.05, 4.69) is 10.2 Å². The topological polar surface area (TPSA) is 50.8 Å². The molecule has 0 radical (unpaired) electrons. The van der Waals surface area contributed by atoms with E-state index >= 15 is 0 Å². The van der Waals surface area contributed by atoms with Crippen molar-refractivity contribution in [3.8, 4) is 0 Å². The zero-order chi connectivity index (χ0) is 12.3. The fraction of sp³-hybridized carbons (Fsp3) is 0.917. The fourth-order valence-corrected chi connectivity index (χ4v) is 3.21. The normalized spacial score (nSPS) is 32.7. The van der Waals surface area contributed by atoms with E-state index in [1.807, 2.05) is 0 Å². The molecule has 2 fully saturated rings. The molecule has 2 saturated heterocycles. The zero-order valence-corrected chi connectivity index (χ0v) is 10.7. The molecule has 0 bridgehead atoms. The average molecular weight is 242 g/mol. The average Bonchev–Trinajstić information content (AvgIpc) is 2.92. The van der Waals surface area contributed by atoms with Crippen LogP contribution in [-0.4, -0.2) is 62.9 Å². The minimum Gasteiger partial charge on any atom is -0.468 e. The summed E-state index contributed by atoms with van der Waals surface area (Å²) < 4.78 is 10.1. The number of nitrogens with zero attached hydrogens (tertiary/aromatic N) is 1. The Morgan fingerprint density at radius 2 is 2.29 bits per heavy atom. The monoisotopic (exact) mass is 242 g/mol. The maximum atomic E-state index is 12.1. The van der Waals surface area contributed by atoms with E-state index in [1.54, 1.807) is 7.11 Å². The SMILES string of the molecule is COCCNC1(C(=O)OC)CCN2CCCC21. The first-order chi connectivity index (χ1) is 8.24. The third-order valence-corrected chi connectivity index (χ3v) is 4.02. The molecule has 98 valence electrons. The Morgan fingerprint density at radius 3 is 3.00 bits per heavy atom. The molecule has 5 heteroatoms. The summed E-state index contributed by atoms with van der Waals surface area (Å²) in [6.07, 6.45) is 3.10. The Hall–Kier alpha value is -0.650. The van der Waals surface area contributed by atoms with Gasteiger partial charge in [0.05, 0.1) is 13.7 Å². The Morgan fingerprint density at radius 1 is 1.47 bits per heavy atom. The van der Waals surface area contributed by atoms with Gasteiger partial charge in [0.1, 0.15) is 5.54 Å². The lowest BCUT2D eigenvalue weighted by Crippen LogP contribution is -2.59. The van der Waals surface area contributed by atoms with Crippen LogP contribution in [0.1, 0.15) is 19.3 Å². The molecular weight excluding hydrogens is 220 g/mol.